The van der Waals surface area contributed by atoms with Crippen molar-refractivity contribution in [3.8, 4) is 0 Å². The maximum atomic E-state index is 11.8. The van der Waals surface area contributed by atoms with Gasteiger partial charge in [0.05, 0.1) is 6.61 Å². The summed E-state index contributed by atoms with van der Waals surface area (Å²) in [5.74, 6) is -0.484. The topological polar surface area (TPSA) is 58.6 Å². The summed E-state index contributed by atoms with van der Waals surface area (Å²) in [6, 6.07) is -0.377. The monoisotopic (exact) mass is 264 g/mol. The molecule has 5 nitrogen and oxygen atoms in total. The molecule has 0 aromatic carbocycles. The molecule has 3 amide bonds. The van der Waals surface area contributed by atoms with E-state index in [9.17, 15) is 9.59 Å². The Labute approximate surface area is 107 Å². The van der Waals surface area contributed by atoms with Crippen LogP contribution >= 0.6 is 11.6 Å². The first-order valence-electron chi connectivity index (χ1n) is 5.68. The summed E-state index contributed by atoms with van der Waals surface area (Å²) in [6.45, 7) is 6.30. The summed E-state index contributed by atoms with van der Waals surface area (Å²) in [5.41, 5.74) is 0. The second-order valence-electron chi connectivity index (χ2n) is 3.85. The van der Waals surface area contributed by atoms with Gasteiger partial charge in [-0.3, -0.25) is 10.1 Å². The zero-order chi connectivity index (χ0) is 13.4. The van der Waals surface area contributed by atoms with E-state index in [1.54, 1.807) is 12.0 Å². The van der Waals surface area contributed by atoms with Crippen LogP contribution in [0.15, 0.2) is 0 Å². The molecule has 0 aliphatic rings. The van der Waals surface area contributed by atoms with Crippen LogP contribution in [0.4, 0.5) is 4.79 Å². The van der Waals surface area contributed by atoms with Crippen LogP contribution in [0.5, 0.6) is 0 Å². The summed E-state index contributed by atoms with van der Waals surface area (Å²) >= 11 is 5.59. The van der Waals surface area contributed by atoms with Gasteiger partial charge >= 0.3 is 6.03 Å². The SMILES string of the molecule is CCC(C)N(CCOC)C(=O)NC(=O)C(C)Cl. The number of halogens is 1. The predicted octanol–water partition coefficient (Wildman–Crippen LogP) is 1.60. The highest BCUT2D eigenvalue weighted by Gasteiger charge is 2.21. The molecule has 0 saturated carbocycles. The van der Waals surface area contributed by atoms with E-state index in [2.05, 4.69) is 5.32 Å². The number of hydrogen-bond acceptors (Lipinski definition) is 3. The van der Waals surface area contributed by atoms with Gasteiger partial charge in [-0.15, -0.1) is 11.6 Å². The van der Waals surface area contributed by atoms with E-state index >= 15 is 0 Å². The van der Waals surface area contributed by atoms with Gasteiger partial charge in [0.1, 0.15) is 5.38 Å². The van der Waals surface area contributed by atoms with Gasteiger partial charge in [0, 0.05) is 19.7 Å². The lowest BCUT2D eigenvalue weighted by Gasteiger charge is -2.28. The minimum absolute atomic E-state index is 0.0450. The first kappa shape index (κ1) is 16.2. The van der Waals surface area contributed by atoms with Crippen molar-refractivity contribution in [3.63, 3.8) is 0 Å². The summed E-state index contributed by atoms with van der Waals surface area (Å²) in [6.07, 6.45) is 0.807. The van der Waals surface area contributed by atoms with E-state index < -0.39 is 17.3 Å². The highest BCUT2D eigenvalue weighted by Crippen LogP contribution is 2.04. The van der Waals surface area contributed by atoms with E-state index in [0.717, 1.165) is 6.42 Å². The number of amides is 3. The third kappa shape index (κ3) is 5.89. The van der Waals surface area contributed by atoms with Crippen LogP contribution in [0.25, 0.3) is 0 Å². The summed E-state index contributed by atoms with van der Waals surface area (Å²) in [7, 11) is 1.57. The average Bonchev–Trinajstić information content (AvgIpc) is 2.28. The average molecular weight is 265 g/mol. The first-order valence-corrected chi connectivity index (χ1v) is 6.12. The number of rotatable bonds is 6. The van der Waals surface area contributed by atoms with Gasteiger partial charge in [-0.25, -0.2) is 4.79 Å². The van der Waals surface area contributed by atoms with Crippen molar-refractivity contribution < 1.29 is 14.3 Å². The van der Waals surface area contributed by atoms with Crippen LogP contribution in [-0.2, 0) is 9.53 Å². The third-order valence-electron chi connectivity index (χ3n) is 2.51. The number of hydrogen-bond donors (Lipinski definition) is 1. The molecular weight excluding hydrogens is 244 g/mol. The number of carbonyl (C=O) groups excluding carboxylic acids is 2. The number of ether oxygens (including phenoxy) is 1. The van der Waals surface area contributed by atoms with E-state index in [-0.39, 0.29) is 6.04 Å². The Morgan fingerprint density at radius 1 is 1.41 bits per heavy atom. The van der Waals surface area contributed by atoms with E-state index in [1.807, 2.05) is 13.8 Å². The van der Waals surface area contributed by atoms with Crippen LogP contribution in [-0.4, -0.2) is 48.5 Å². The normalized spacial score (nSPS) is 13.9. The molecule has 0 fully saturated rings. The minimum atomic E-state index is -0.722. The Morgan fingerprint density at radius 2 is 2.00 bits per heavy atom. The van der Waals surface area contributed by atoms with Gasteiger partial charge in [0.2, 0.25) is 5.91 Å². The van der Waals surface area contributed by atoms with Crippen molar-refractivity contribution in [2.45, 2.75) is 38.6 Å². The summed E-state index contributed by atoms with van der Waals surface area (Å²) in [4.78, 5) is 24.7. The molecule has 0 spiro atoms. The molecule has 6 heteroatoms. The van der Waals surface area contributed by atoms with E-state index in [1.165, 1.54) is 6.92 Å². The van der Waals surface area contributed by atoms with Crippen LogP contribution < -0.4 is 5.32 Å². The van der Waals surface area contributed by atoms with Gasteiger partial charge in [0.15, 0.2) is 0 Å². The maximum Gasteiger partial charge on any atom is 0.324 e. The second kappa shape index (κ2) is 8.31. The Bertz CT molecular complexity index is 259. The highest BCUT2D eigenvalue weighted by molar-refractivity contribution is 6.31. The number of carbonyl (C=O) groups is 2. The van der Waals surface area contributed by atoms with Gasteiger partial charge in [-0.1, -0.05) is 6.92 Å². The Hall–Kier alpha value is -0.810. The molecule has 1 N–H and O–H groups in total. The Kier molecular flexibility index (Phi) is 7.91. The lowest BCUT2D eigenvalue weighted by molar-refractivity contribution is -0.119. The zero-order valence-corrected chi connectivity index (χ0v) is 11.6. The lowest BCUT2D eigenvalue weighted by Crippen LogP contribution is -2.49. The minimum Gasteiger partial charge on any atom is -0.383 e. The molecule has 0 bridgehead atoms. The van der Waals surface area contributed by atoms with E-state index in [0.29, 0.717) is 13.2 Å². The molecular formula is C11H21ClN2O3. The molecule has 0 rings (SSSR count). The molecule has 0 radical (unpaired) electrons. The molecule has 0 aromatic rings. The van der Waals surface area contributed by atoms with Crippen molar-refractivity contribution in [2.24, 2.45) is 0 Å². The molecule has 0 aliphatic heterocycles. The van der Waals surface area contributed by atoms with Crippen molar-refractivity contribution in [2.75, 3.05) is 20.3 Å². The fourth-order valence-corrected chi connectivity index (χ4v) is 1.26. The summed E-state index contributed by atoms with van der Waals surface area (Å²) < 4.78 is 4.94. The standard InChI is InChI=1S/C11H21ClN2O3/c1-5-8(2)14(6-7-17-4)11(16)13-10(15)9(3)12/h8-9H,5-7H2,1-4H3,(H,13,15,16). The number of nitrogens with one attached hydrogen (secondary N) is 1. The van der Waals surface area contributed by atoms with Crippen molar-refractivity contribution in [1.29, 1.82) is 0 Å². The molecule has 0 heterocycles. The van der Waals surface area contributed by atoms with Crippen LogP contribution in [0, 0.1) is 0 Å². The van der Waals surface area contributed by atoms with Crippen LogP contribution in [0.2, 0.25) is 0 Å². The first-order chi connectivity index (χ1) is 7.93. The number of imide groups is 1. The van der Waals surface area contributed by atoms with Crippen LogP contribution in [0.3, 0.4) is 0 Å². The molecule has 100 valence electrons. The zero-order valence-electron chi connectivity index (χ0n) is 10.8. The largest absolute Gasteiger partial charge is 0.383 e. The van der Waals surface area contributed by atoms with Crippen LogP contribution in [0.1, 0.15) is 27.2 Å². The summed E-state index contributed by atoms with van der Waals surface area (Å²) in [5, 5.41) is 1.54. The Morgan fingerprint density at radius 3 is 2.41 bits per heavy atom. The van der Waals surface area contributed by atoms with Gasteiger partial charge in [0.25, 0.3) is 0 Å². The predicted molar refractivity (Wildman–Crippen MR) is 67.2 cm³/mol. The molecule has 0 saturated heterocycles. The maximum absolute atomic E-state index is 11.8. The fourth-order valence-electron chi connectivity index (χ4n) is 1.21. The Balaban J connectivity index is 4.46. The molecule has 2 unspecified atom stereocenters. The highest BCUT2D eigenvalue weighted by atomic mass is 35.5. The van der Waals surface area contributed by atoms with Gasteiger partial charge < -0.3 is 9.64 Å². The number of methoxy groups -OCH3 is 1. The smallest absolute Gasteiger partial charge is 0.324 e. The quantitative estimate of drug-likeness (QED) is 0.742. The second-order valence-corrected chi connectivity index (χ2v) is 4.51. The number of alkyl halides is 1. The lowest BCUT2D eigenvalue weighted by atomic mass is 10.2. The molecule has 0 aromatic heterocycles. The van der Waals surface area contributed by atoms with Gasteiger partial charge in [-0.2, -0.15) is 0 Å². The van der Waals surface area contributed by atoms with E-state index in [4.69, 9.17) is 16.3 Å². The molecule has 17 heavy (non-hydrogen) atoms. The molecule has 2 atom stereocenters. The number of nitrogens with zero attached hydrogens (tertiary/aromatic N) is 1. The fraction of sp³-hybridized carbons (Fsp3) is 0.818. The van der Waals surface area contributed by atoms with Gasteiger partial charge in [-0.05, 0) is 20.3 Å². The third-order valence-corrected chi connectivity index (χ3v) is 2.71. The van der Waals surface area contributed by atoms with Crippen molar-refractivity contribution in [1.82, 2.24) is 10.2 Å². The van der Waals surface area contributed by atoms with Crippen molar-refractivity contribution >= 4 is 23.5 Å². The molecule has 0 aliphatic carbocycles. The van der Waals surface area contributed by atoms with Crippen molar-refractivity contribution in [3.05, 3.63) is 0 Å². The number of urea groups is 1.